The molecule has 24 heavy (non-hydrogen) atoms. The summed E-state index contributed by atoms with van der Waals surface area (Å²) in [7, 11) is 1.72. The molecule has 2 rings (SSSR count). The highest BCUT2D eigenvalue weighted by atomic mass is 79.9. The van der Waals surface area contributed by atoms with E-state index in [9.17, 15) is 4.79 Å². The van der Waals surface area contributed by atoms with Gasteiger partial charge in [0.15, 0.2) is 0 Å². The minimum atomic E-state index is 0. The quantitative estimate of drug-likeness (QED) is 0.678. The van der Waals surface area contributed by atoms with E-state index in [-0.39, 0.29) is 23.7 Å². The number of halogens is 2. The minimum Gasteiger partial charge on any atom is -0.493 e. The summed E-state index contributed by atoms with van der Waals surface area (Å²) in [5.74, 6) is 0.787. The van der Waals surface area contributed by atoms with E-state index < -0.39 is 0 Å². The van der Waals surface area contributed by atoms with Gasteiger partial charge < -0.3 is 20.1 Å². The van der Waals surface area contributed by atoms with Crippen LogP contribution in [0.15, 0.2) is 28.7 Å². The molecule has 0 spiro atoms. The molecule has 1 fully saturated rings. The number of carbonyl (C=O) groups is 1. The lowest BCUT2D eigenvalue weighted by molar-refractivity contribution is -0.122. The SMILES string of the molecule is COCC1(CNC(=O)CCOc2cccc(Br)c2)CCNCC1.Cl. The maximum atomic E-state index is 12.0. The smallest absolute Gasteiger partial charge is 0.223 e. The van der Waals surface area contributed by atoms with Crippen LogP contribution in [0.5, 0.6) is 5.75 Å². The predicted molar refractivity (Wildman–Crippen MR) is 101 cm³/mol. The summed E-state index contributed by atoms with van der Waals surface area (Å²) in [5.41, 5.74) is 0.0564. The fraction of sp³-hybridized carbons (Fsp3) is 0.588. The van der Waals surface area contributed by atoms with Gasteiger partial charge in [0.1, 0.15) is 5.75 Å². The first-order chi connectivity index (χ1) is 11.1. The number of nitrogens with one attached hydrogen (secondary N) is 2. The second kappa shape index (κ2) is 10.9. The number of hydrogen-bond donors (Lipinski definition) is 2. The molecule has 7 heteroatoms. The van der Waals surface area contributed by atoms with E-state index in [1.807, 2.05) is 24.3 Å². The third kappa shape index (κ3) is 6.97. The molecule has 1 aromatic rings. The van der Waals surface area contributed by atoms with Crippen molar-refractivity contribution in [3.63, 3.8) is 0 Å². The van der Waals surface area contributed by atoms with E-state index in [1.165, 1.54) is 0 Å². The van der Waals surface area contributed by atoms with Gasteiger partial charge in [-0.2, -0.15) is 0 Å². The molecule has 1 amide bonds. The topological polar surface area (TPSA) is 59.6 Å². The van der Waals surface area contributed by atoms with E-state index in [0.29, 0.717) is 26.2 Å². The second-order valence-corrected chi connectivity index (χ2v) is 6.93. The van der Waals surface area contributed by atoms with E-state index in [0.717, 1.165) is 36.2 Å². The summed E-state index contributed by atoms with van der Waals surface area (Å²) < 4.78 is 11.9. The van der Waals surface area contributed by atoms with Gasteiger partial charge in [-0.15, -0.1) is 12.4 Å². The number of hydrogen-bond acceptors (Lipinski definition) is 4. The maximum Gasteiger partial charge on any atom is 0.223 e. The van der Waals surface area contributed by atoms with Crippen molar-refractivity contribution in [3.8, 4) is 5.75 Å². The highest BCUT2D eigenvalue weighted by Crippen LogP contribution is 2.28. The van der Waals surface area contributed by atoms with E-state index in [1.54, 1.807) is 7.11 Å². The fourth-order valence-corrected chi connectivity index (χ4v) is 3.21. The van der Waals surface area contributed by atoms with Gasteiger partial charge in [-0.1, -0.05) is 22.0 Å². The highest BCUT2D eigenvalue weighted by molar-refractivity contribution is 9.10. The van der Waals surface area contributed by atoms with Crippen molar-refractivity contribution in [1.29, 1.82) is 0 Å². The number of ether oxygens (including phenoxy) is 2. The number of rotatable bonds is 8. The number of piperidine rings is 1. The molecule has 0 radical (unpaired) electrons. The summed E-state index contributed by atoms with van der Waals surface area (Å²) in [5, 5.41) is 6.39. The average Bonchev–Trinajstić information content (AvgIpc) is 2.54. The Morgan fingerprint density at radius 1 is 1.38 bits per heavy atom. The molecule has 1 aromatic carbocycles. The predicted octanol–water partition coefficient (Wildman–Crippen LogP) is 2.77. The Morgan fingerprint density at radius 3 is 2.79 bits per heavy atom. The van der Waals surface area contributed by atoms with Crippen LogP contribution < -0.4 is 15.4 Å². The van der Waals surface area contributed by atoms with Crippen LogP contribution in [-0.4, -0.2) is 45.9 Å². The molecule has 1 aliphatic rings. The molecular formula is C17H26BrClN2O3. The van der Waals surface area contributed by atoms with Crippen molar-refractivity contribution >= 4 is 34.2 Å². The lowest BCUT2D eigenvalue weighted by Gasteiger charge is -2.37. The number of methoxy groups -OCH3 is 1. The molecule has 1 aliphatic heterocycles. The molecule has 0 unspecified atom stereocenters. The zero-order valence-corrected chi connectivity index (χ0v) is 16.4. The molecular weight excluding hydrogens is 396 g/mol. The summed E-state index contributed by atoms with van der Waals surface area (Å²) >= 11 is 3.40. The molecule has 0 bridgehead atoms. The standard InChI is InChI=1S/C17H25BrN2O3.ClH/c1-22-13-17(6-8-19-9-7-17)12-20-16(21)5-10-23-15-4-2-3-14(18)11-15;/h2-4,11,19H,5-10,12-13H2,1H3,(H,20,21);1H. The van der Waals surface area contributed by atoms with Crippen molar-refractivity contribution in [2.75, 3.05) is 40.0 Å². The normalized spacial score (nSPS) is 16.1. The summed E-state index contributed by atoms with van der Waals surface area (Å²) in [6, 6.07) is 7.62. The lowest BCUT2D eigenvalue weighted by Crippen LogP contribution is -2.47. The van der Waals surface area contributed by atoms with Crippen molar-refractivity contribution < 1.29 is 14.3 Å². The number of carbonyl (C=O) groups excluding carboxylic acids is 1. The molecule has 1 heterocycles. The summed E-state index contributed by atoms with van der Waals surface area (Å²) in [4.78, 5) is 12.0. The van der Waals surface area contributed by atoms with Gasteiger partial charge in [0, 0.05) is 23.5 Å². The van der Waals surface area contributed by atoms with Crippen molar-refractivity contribution in [3.05, 3.63) is 28.7 Å². The first-order valence-corrected chi connectivity index (χ1v) is 8.78. The third-order valence-corrected chi connectivity index (χ3v) is 4.66. The van der Waals surface area contributed by atoms with Crippen molar-refractivity contribution in [2.24, 2.45) is 5.41 Å². The Morgan fingerprint density at radius 2 is 2.12 bits per heavy atom. The van der Waals surface area contributed by atoms with Gasteiger partial charge in [-0.25, -0.2) is 0 Å². The van der Waals surface area contributed by atoms with E-state index in [4.69, 9.17) is 9.47 Å². The van der Waals surface area contributed by atoms with Gasteiger partial charge in [0.2, 0.25) is 5.91 Å². The maximum absolute atomic E-state index is 12.0. The van der Waals surface area contributed by atoms with Crippen molar-refractivity contribution in [1.82, 2.24) is 10.6 Å². The molecule has 136 valence electrons. The fourth-order valence-electron chi connectivity index (χ4n) is 2.83. The molecule has 1 saturated heterocycles. The molecule has 5 nitrogen and oxygen atoms in total. The summed E-state index contributed by atoms with van der Waals surface area (Å²) in [6.45, 7) is 3.68. The Kier molecular flexibility index (Phi) is 9.66. The van der Waals surface area contributed by atoms with E-state index >= 15 is 0 Å². The zero-order valence-electron chi connectivity index (χ0n) is 14.0. The van der Waals surface area contributed by atoms with E-state index in [2.05, 4.69) is 26.6 Å². The minimum absolute atomic E-state index is 0. The Labute approximate surface area is 158 Å². The molecule has 2 N–H and O–H groups in total. The molecule has 0 aliphatic carbocycles. The monoisotopic (exact) mass is 420 g/mol. The lowest BCUT2D eigenvalue weighted by atomic mass is 9.79. The van der Waals surface area contributed by atoms with Crippen LogP contribution in [0.4, 0.5) is 0 Å². The van der Waals surface area contributed by atoms with Gasteiger partial charge >= 0.3 is 0 Å². The van der Waals surface area contributed by atoms with Crippen LogP contribution in [0, 0.1) is 5.41 Å². The van der Waals surface area contributed by atoms with Crippen molar-refractivity contribution in [2.45, 2.75) is 19.3 Å². The van der Waals surface area contributed by atoms with Crippen LogP contribution in [0.3, 0.4) is 0 Å². The molecule has 0 atom stereocenters. The third-order valence-electron chi connectivity index (χ3n) is 4.17. The van der Waals surface area contributed by atoms with Gasteiger partial charge in [-0.05, 0) is 44.1 Å². The molecule has 0 saturated carbocycles. The number of amides is 1. The van der Waals surface area contributed by atoms with Gasteiger partial charge in [-0.3, -0.25) is 4.79 Å². The zero-order chi connectivity index (χ0) is 16.5. The van der Waals surface area contributed by atoms with Crippen LogP contribution >= 0.6 is 28.3 Å². The second-order valence-electron chi connectivity index (χ2n) is 6.02. The van der Waals surface area contributed by atoms with Crippen LogP contribution in [0.2, 0.25) is 0 Å². The Balaban J connectivity index is 0.00000288. The summed E-state index contributed by atoms with van der Waals surface area (Å²) in [6.07, 6.45) is 2.40. The Hall–Kier alpha value is -0.820. The van der Waals surface area contributed by atoms with Crippen LogP contribution in [-0.2, 0) is 9.53 Å². The van der Waals surface area contributed by atoms with Crippen LogP contribution in [0.1, 0.15) is 19.3 Å². The first-order valence-electron chi connectivity index (χ1n) is 7.98. The first kappa shape index (κ1) is 21.2. The number of benzene rings is 1. The molecule has 0 aromatic heterocycles. The van der Waals surface area contributed by atoms with Gasteiger partial charge in [0.25, 0.3) is 0 Å². The van der Waals surface area contributed by atoms with Gasteiger partial charge in [0.05, 0.1) is 19.6 Å². The Bertz CT molecular complexity index is 505. The van der Waals surface area contributed by atoms with Crippen LogP contribution in [0.25, 0.3) is 0 Å². The highest BCUT2D eigenvalue weighted by Gasteiger charge is 2.32. The average molecular weight is 422 g/mol. The largest absolute Gasteiger partial charge is 0.493 e.